The van der Waals surface area contributed by atoms with Gasteiger partial charge in [0.05, 0.1) is 19.8 Å². The molecule has 0 N–H and O–H groups in total. The number of hydrogen-bond donors (Lipinski definition) is 0. The molecule has 0 radical (unpaired) electrons. The second-order valence-electron chi connectivity index (χ2n) is 3.83. The van der Waals surface area contributed by atoms with Gasteiger partial charge in [0, 0.05) is 37.5 Å². The van der Waals surface area contributed by atoms with Crippen LogP contribution < -0.4 is 0 Å². The van der Waals surface area contributed by atoms with E-state index in [9.17, 15) is 0 Å². The summed E-state index contributed by atoms with van der Waals surface area (Å²) < 4.78 is 20.7. The Morgan fingerprint density at radius 1 is 0.947 bits per heavy atom. The first-order valence-corrected chi connectivity index (χ1v) is 7.15. The van der Waals surface area contributed by atoms with Gasteiger partial charge in [-0.05, 0) is 12.1 Å². The monoisotopic (exact) mass is 286 g/mol. The Hall–Kier alpha value is -0.590. The van der Waals surface area contributed by atoms with Crippen molar-refractivity contribution >= 4 is 11.8 Å². The summed E-state index contributed by atoms with van der Waals surface area (Å²) in [5.74, 6) is 0.932. The minimum absolute atomic E-state index is 0.295. The lowest BCUT2D eigenvalue weighted by Crippen LogP contribution is -2.04. The Labute approximate surface area is 119 Å². The van der Waals surface area contributed by atoms with Gasteiger partial charge in [0.2, 0.25) is 0 Å². The van der Waals surface area contributed by atoms with Crippen LogP contribution in [-0.4, -0.2) is 46.9 Å². The van der Waals surface area contributed by atoms with Crippen molar-refractivity contribution in [3.05, 3.63) is 29.8 Å². The zero-order valence-corrected chi connectivity index (χ0v) is 12.6. The van der Waals surface area contributed by atoms with Crippen molar-refractivity contribution in [1.82, 2.24) is 0 Å². The average Bonchev–Trinajstić information content (AvgIpc) is 2.45. The summed E-state index contributed by atoms with van der Waals surface area (Å²) in [5.41, 5.74) is 1.02. The van der Waals surface area contributed by atoms with Gasteiger partial charge in [-0.25, -0.2) is 0 Å². The molecule has 0 aliphatic rings. The van der Waals surface area contributed by atoms with Gasteiger partial charge in [-0.1, -0.05) is 12.1 Å². The van der Waals surface area contributed by atoms with Gasteiger partial charge in [-0.2, -0.15) is 0 Å². The van der Waals surface area contributed by atoms with Gasteiger partial charge in [0.25, 0.3) is 0 Å². The third-order valence-corrected chi connectivity index (χ3v) is 3.48. The van der Waals surface area contributed by atoms with Crippen LogP contribution in [0.5, 0.6) is 0 Å². The van der Waals surface area contributed by atoms with Gasteiger partial charge in [-0.3, -0.25) is 0 Å². The maximum absolute atomic E-state index is 5.41. The first-order chi connectivity index (χ1) is 9.31. The minimum Gasteiger partial charge on any atom is -0.382 e. The van der Waals surface area contributed by atoms with Crippen molar-refractivity contribution in [2.24, 2.45) is 0 Å². The summed E-state index contributed by atoms with van der Waals surface area (Å²) in [7, 11) is 4.94. The topological polar surface area (TPSA) is 36.9 Å². The molecular weight excluding hydrogens is 264 g/mol. The third kappa shape index (κ3) is 6.40. The molecule has 0 saturated carbocycles. The number of ether oxygens (including phenoxy) is 4. The van der Waals surface area contributed by atoms with Gasteiger partial charge < -0.3 is 18.9 Å². The average molecular weight is 286 g/mol. The molecule has 0 spiro atoms. The summed E-state index contributed by atoms with van der Waals surface area (Å²) in [6.45, 7) is 2.03. The molecule has 0 heterocycles. The summed E-state index contributed by atoms with van der Waals surface area (Å²) in [4.78, 5) is 1.21. The van der Waals surface area contributed by atoms with E-state index in [0.29, 0.717) is 13.2 Å². The van der Waals surface area contributed by atoms with Crippen LogP contribution in [0, 0.1) is 0 Å². The van der Waals surface area contributed by atoms with Crippen molar-refractivity contribution in [3.63, 3.8) is 0 Å². The van der Waals surface area contributed by atoms with Crippen LogP contribution in [0.25, 0.3) is 0 Å². The number of methoxy groups -OCH3 is 3. The Bertz CT molecular complexity index is 325. The lowest BCUT2D eigenvalue weighted by Gasteiger charge is -2.13. The van der Waals surface area contributed by atoms with Gasteiger partial charge in [0.1, 0.15) is 0 Å². The van der Waals surface area contributed by atoms with Crippen LogP contribution in [0.3, 0.4) is 0 Å². The van der Waals surface area contributed by atoms with E-state index in [4.69, 9.17) is 18.9 Å². The van der Waals surface area contributed by atoms with E-state index in [0.717, 1.165) is 17.9 Å². The van der Waals surface area contributed by atoms with Crippen molar-refractivity contribution in [2.75, 3.05) is 46.9 Å². The van der Waals surface area contributed by atoms with E-state index in [1.165, 1.54) is 4.90 Å². The third-order valence-electron chi connectivity index (χ3n) is 2.51. The smallest absolute Gasteiger partial charge is 0.183 e. The number of benzene rings is 1. The normalized spacial score (nSPS) is 11.2. The highest BCUT2D eigenvalue weighted by molar-refractivity contribution is 7.99. The zero-order valence-electron chi connectivity index (χ0n) is 11.8. The highest BCUT2D eigenvalue weighted by atomic mass is 32.2. The van der Waals surface area contributed by atoms with Crippen LogP contribution in [-0.2, 0) is 18.9 Å². The van der Waals surface area contributed by atoms with Crippen LogP contribution in [0.15, 0.2) is 29.2 Å². The Morgan fingerprint density at radius 3 is 2.21 bits per heavy atom. The maximum atomic E-state index is 5.41. The highest BCUT2D eigenvalue weighted by Gasteiger charge is 2.07. The van der Waals surface area contributed by atoms with E-state index < -0.39 is 0 Å². The SMILES string of the molecule is COCCOCCSc1ccc(C(OC)OC)cc1. The summed E-state index contributed by atoms with van der Waals surface area (Å²) in [5, 5.41) is 0. The molecule has 0 saturated heterocycles. The first kappa shape index (κ1) is 16.5. The fourth-order valence-electron chi connectivity index (χ4n) is 1.55. The van der Waals surface area contributed by atoms with E-state index in [-0.39, 0.29) is 6.29 Å². The van der Waals surface area contributed by atoms with Crippen molar-refractivity contribution in [1.29, 1.82) is 0 Å². The lowest BCUT2D eigenvalue weighted by atomic mass is 10.2. The maximum Gasteiger partial charge on any atom is 0.183 e. The Balaban J connectivity index is 2.28. The molecule has 1 rings (SSSR count). The van der Waals surface area contributed by atoms with Gasteiger partial charge in [-0.15, -0.1) is 11.8 Å². The molecule has 0 atom stereocenters. The molecule has 4 nitrogen and oxygen atoms in total. The molecule has 1 aromatic rings. The zero-order chi connectivity index (χ0) is 13.9. The predicted molar refractivity (Wildman–Crippen MR) is 76.6 cm³/mol. The molecule has 108 valence electrons. The van der Waals surface area contributed by atoms with Crippen molar-refractivity contribution in [2.45, 2.75) is 11.2 Å². The molecule has 0 amide bonds. The van der Waals surface area contributed by atoms with Gasteiger partial charge in [0.15, 0.2) is 6.29 Å². The molecule has 0 bridgehead atoms. The molecular formula is C14H22O4S. The van der Waals surface area contributed by atoms with Crippen LogP contribution in [0.2, 0.25) is 0 Å². The quantitative estimate of drug-likeness (QED) is 0.375. The molecule has 5 heteroatoms. The van der Waals surface area contributed by atoms with Crippen LogP contribution >= 0.6 is 11.8 Å². The molecule has 0 aromatic heterocycles. The van der Waals surface area contributed by atoms with Crippen LogP contribution in [0.4, 0.5) is 0 Å². The van der Waals surface area contributed by atoms with Gasteiger partial charge >= 0.3 is 0 Å². The summed E-state index contributed by atoms with van der Waals surface area (Å²) in [6, 6.07) is 8.18. The minimum atomic E-state index is -0.295. The van der Waals surface area contributed by atoms with E-state index >= 15 is 0 Å². The lowest BCUT2D eigenvalue weighted by molar-refractivity contribution is -0.106. The number of thioether (sulfide) groups is 1. The summed E-state index contributed by atoms with van der Waals surface area (Å²) in [6.07, 6.45) is -0.295. The standard InChI is InChI=1S/C14H22O4S/c1-15-8-9-18-10-11-19-13-6-4-12(5-7-13)14(16-2)17-3/h4-7,14H,8-11H2,1-3H3. The van der Waals surface area contributed by atoms with Crippen LogP contribution in [0.1, 0.15) is 11.9 Å². The molecule has 1 aromatic carbocycles. The Kier molecular flexibility index (Phi) is 8.86. The molecule has 0 aliphatic carbocycles. The number of hydrogen-bond acceptors (Lipinski definition) is 5. The molecule has 0 unspecified atom stereocenters. The van der Waals surface area contributed by atoms with Crippen molar-refractivity contribution in [3.8, 4) is 0 Å². The molecule has 0 fully saturated rings. The second kappa shape index (κ2) is 10.2. The molecule has 0 aliphatic heterocycles. The Morgan fingerprint density at radius 2 is 1.63 bits per heavy atom. The van der Waals surface area contributed by atoms with E-state index in [1.54, 1.807) is 33.1 Å². The number of rotatable bonds is 10. The predicted octanol–water partition coefficient (Wildman–Crippen LogP) is 2.73. The van der Waals surface area contributed by atoms with E-state index in [2.05, 4.69) is 12.1 Å². The highest BCUT2D eigenvalue weighted by Crippen LogP contribution is 2.22. The first-order valence-electron chi connectivity index (χ1n) is 6.17. The van der Waals surface area contributed by atoms with E-state index in [1.807, 2.05) is 12.1 Å². The molecule has 19 heavy (non-hydrogen) atoms. The summed E-state index contributed by atoms with van der Waals surface area (Å²) >= 11 is 1.77. The fraction of sp³-hybridized carbons (Fsp3) is 0.571. The van der Waals surface area contributed by atoms with Crippen molar-refractivity contribution < 1.29 is 18.9 Å². The fourth-order valence-corrected chi connectivity index (χ4v) is 2.32. The largest absolute Gasteiger partial charge is 0.382 e. The second-order valence-corrected chi connectivity index (χ2v) is 4.99.